The number of benzene rings is 4. The number of fused-ring (bicyclic) bond motifs is 4. The number of aromatic nitrogens is 16. The molecule has 52 nitrogen and oxygen atoms in total. The van der Waals surface area contributed by atoms with E-state index in [4.69, 9.17) is 153 Å². The molecule has 0 saturated heterocycles. The van der Waals surface area contributed by atoms with Gasteiger partial charge in [0.25, 0.3) is 22.2 Å². The van der Waals surface area contributed by atoms with E-state index in [1.165, 1.54) is 25.3 Å². The second-order valence-electron chi connectivity index (χ2n) is 30.1. The monoisotopic (exact) mass is 2130 g/mol. The predicted molar refractivity (Wildman–Crippen MR) is 506 cm³/mol. The molecule has 1 saturated carbocycles. The molecule has 0 bridgehead atoms. The van der Waals surface area contributed by atoms with Gasteiger partial charge in [0.1, 0.15) is 31.5 Å². The zero-order chi connectivity index (χ0) is 102. The van der Waals surface area contributed by atoms with Crippen LogP contribution in [0.15, 0.2) is 142 Å². The van der Waals surface area contributed by atoms with E-state index in [1.807, 2.05) is 13.8 Å². The van der Waals surface area contributed by atoms with Gasteiger partial charge in [-0.1, -0.05) is 109 Å². The molecule has 0 amide bonds. The fourth-order valence-electron chi connectivity index (χ4n) is 11.9. The van der Waals surface area contributed by atoms with E-state index in [1.54, 1.807) is 129 Å². The van der Waals surface area contributed by atoms with Crippen LogP contribution in [0.25, 0.3) is 44.7 Å². The topological polar surface area (TPSA) is 680 Å². The number of nitrogens with zero attached hydrogens (tertiary/aromatic N) is 12. The molecular weight excluding hydrogens is 2030 g/mol. The van der Waals surface area contributed by atoms with Crippen molar-refractivity contribution in [1.82, 2.24) is 78.1 Å². The van der Waals surface area contributed by atoms with E-state index < -0.39 is 136 Å². The Hall–Kier alpha value is -11.8. The largest absolute Gasteiger partial charge is 0.510 e. The van der Waals surface area contributed by atoms with Crippen molar-refractivity contribution in [3.8, 4) is 0 Å². The predicted octanol–water partition coefficient (Wildman–Crippen LogP) is 13.1. The minimum Gasteiger partial charge on any atom is -0.438 e. The average Bonchev–Trinajstić information content (AvgIpc) is 1.68. The van der Waals surface area contributed by atoms with Crippen LogP contribution < -0.4 is 45.2 Å². The average molecular weight is 2130 g/mol. The highest BCUT2D eigenvalue weighted by atomic mass is 35.5. The summed E-state index contributed by atoms with van der Waals surface area (Å²) in [6, 6.07) is 27.2. The first kappa shape index (κ1) is 111. The maximum absolute atomic E-state index is 13.3. The Balaban J connectivity index is 0.000000194. The van der Waals surface area contributed by atoms with Crippen LogP contribution >= 0.6 is 76.8 Å². The van der Waals surface area contributed by atoms with Gasteiger partial charge in [0.05, 0.1) is 98.0 Å². The highest BCUT2D eigenvalue weighted by molar-refractivity contribution is 7.54. The van der Waals surface area contributed by atoms with Crippen LogP contribution in [0.1, 0.15) is 75.6 Å². The number of nitrogens with two attached hydrogens (primary N) is 4. The van der Waals surface area contributed by atoms with Crippen LogP contribution in [-0.2, 0) is 164 Å². The minimum absolute atomic E-state index is 0.0426. The fourth-order valence-corrected chi connectivity index (χ4v) is 17.3. The maximum Gasteiger partial charge on any atom is 0.510 e. The highest BCUT2D eigenvalue weighted by Crippen LogP contribution is 2.52. The van der Waals surface area contributed by atoms with Gasteiger partial charge in [-0.2, -0.15) is 19.9 Å². The Morgan fingerprint density at radius 3 is 0.943 bits per heavy atom. The van der Waals surface area contributed by atoms with Crippen LogP contribution in [0.4, 0.5) is 43.0 Å². The molecule has 8 heterocycles. The molecule has 13 rings (SSSR count). The third-order valence-electron chi connectivity index (χ3n) is 18.4. The molecule has 12 aromatic rings. The molecule has 60 heteroatoms. The molecule has 141 heavy (non-hydrogen) atoms. The first-order chi connectivity index (χ1) is 67.4. The lowest BCUT2D eigenvalue weighted by molar-refractivity contribution is -0.0215. The molecule has 0 aliphatic heterocycles. The number of imidazole rings is 4. The number of anilines is 4. The number of nitrogens with one attached hydrogen (secondary N) is 4. The molecule has 1 fully saturated rings. The summed E-state index contributed by atoms with van der Waals surface area (Å²) in [6.45, 7) is 5.32. The van der Waals surface area contributed by atoms with Crippen LogP contribution in [-0.4, -0.2) is 208 Å². The second kappa shape index (κ2) is 55.0. The van der Waals surface area contributed by atoms with Crippen molar-refractivity contribution in [2.24, 2.45) is 5.92 Å². The third-order valence-corrected chi connectivity index (χ3v) is 25.5. The summed E-state index contributed by atoms with van der Waals surface area (Å²) in [5.74, 6) is -0.0634. The first-order valence-corrected chi connectivity index (χ1v) is 50.6. The van der Waals surface area contributed by atoms with E-state index in [0.29, 0.717) is 42.3 Å². The van der Waals surface area contributed by atoms with Gasteiger partial charge in [0, 0.05) is 46.3 Å². The smallest absolute Gasteiger partial charge is 0.438 e. The summed E-state index contributed by atoms with van der Waals surface area (Å²) in [5.41, 5.74) is 24.8. The van der Waals surface area contributed by atoms with Crippen LogP contribution in [0.2, 0.25) is 20.1 Å². The number of carbonyl (C=O) groups excluding carboxylic acids is 4. The van der Waals surface area contributed by atoms with Crippen molar-refractivity contribution >= 4 is 170 Å². The van der Waals surface area contributed by atoms with E-state index >= 15 is 0 Å². The molecule has 4 aromatic carbocycles. The Morgan fingerprint density at radius 1 is 0.397 bits per heavy atom. The lowest BCUT2D eigenvalue weighted by Crippen LogP contribution is -2.17. The number of hydrogen-bond acceptors (Lipinski definition) is 44. The summed E-state index contributed by atoms with van der Waals surface area (Å²) in [4.78, 5) is 136. The maximum atomic E-state index is 13.3. The Kier molecular flexibility index (Phi) is 43.3. The molecule has 0 radical (unpaired) electrons. The van der Waals surface area contributed by atoms with E-state index in [-0.39, 0.29) is 166 Å². The first-order valence-electron chi connectivity index (χ1n) is 42.2. The lowest BCUT2D eigenvalue weighted by Gasteiger charge is -2.19. The van der Waals surface area contributed by atoms with Crippen molar-refractivity contribution in [2.75, 3.05) is 116 Å². The quantitative estimate of drug-likeness (QED) is 0.00577. The Labute approximate surface area is 819 Å². The lowest BCUT2D eigenvalue weighted by atomic mass is 10.2. The minimum atomic E-state index is -3.88. The fraction of sp³-hybridized carbons (Fsp3) is 0.407. The normalized spacial score (nSPS) is 13.8. The summed E-state index contributed by atoms with van der Waals surface area (Å²) in [7, 11) is -14.4. The Morgan fingerprint density at radius 2 is 0.674 bits per heavy atom. The number of hydrogen-bond donors (Lipinski definition) is 8. The second-order valence-corrected chi connectivity index (χ2v) is 39.8. The van der Waals surface area contributed by atoms with Crippen molar-refractivity contribution in [3.63, 3.8) is 0 Å². The van der Waals surface area contributed by atoms with Gasteiger partial charge in [0.15, 0.2) is 44.7 Å². The summed E-state index contributed by atoms with van der Waals surface area (Å²) < 4.78 is 163. The molecule has 764 valence electrons. The number of ether oxygens (including phenoxy) is 12. The van der Waals surface area contributed by atoms with Crippen LogP contribution in [0, 0.1) is 5.92 Å². The number of carbonyl (C=O) groups is 4. The SMILES string of the molecule is CC(C)COC(=O)OCOP(=O)(COCCn1cnc2c(=O)[nH]c(N)nc21)OCc1cccc(Cl)c1.CC(C)OC(=O)OCOP(=O)(COCCn1cnc2c(=O)[nH]c(N)nc21)OCc1cccc(Cl)c1.COC(=O)OCOP(=O)(COCCn1cnc2c(=O)[nH]c(N)nc21)OCc1cccc(Cl)c1.Nc1nc2c(ncn2CCOCP(=O)(OCOC(=O)OC2CCCC2)OCc2cccc(Cl)c2)c(=O)[nH]1. The molecule has 1 aliphatic rings. The highest BCUT2D eigenvalue weighted by Gasteiger charge is 2.33. The van der Waals surface area contributed by atoms with E-state index in [2.05, 4.69) is 69.3 Å². The zero-order valence-corrected chi connectivity index (χ0v) is 82.6. The number of H-pyrrole nitrogens is 4. The van der Waals surface area contributed by atoms with Gasteiger partial charge in [-0.3, -0.25) is 75.5 Å². The molecule has 1 aliphatic carbocycles. The zero-order valence-electron chi connectivity index (χ0n) is 76.0. The van der Waals surface area contributed by atoms with Crippen molar-refractivity contribution in [3.05, 3.63) is 206 Å². The summed E-state index contributed by atoms with van der Waals surface area (Å²) in [6.07, 6.45) is 3.03. The summed E-state index contributed by atoms with van der Waals surface area (Å²) in [5, 5.41) is 1.95. The van der Waals surface area contributed by atoms with Gasteiger partial charge in [-0.25, -0.2) is 39.1 Å². The van der Waals surface area contributed by atoms with Crippen LogP contribution in [0.3, 0.4) is 0 Å². The standard InChI is InChI=1S/C22H27ClN5O8P.C21H27ClN5O8P.C20H25ClN5O8P.C18H21ClN5O8P/c23-16-5-3-4-15(10-16)11-34-37(31,35-13-33-22(30)36-17-6-1-2-7-17)14-32-9-8-28-12-25-18-19(28)26-21(24)27-20(18)29;1-14(2)9-32-21(29)33-12-35-36(30,34-10-15-4-3-5-16(22)8-15)13-31-7-6-27-11-24-17-18(27)25-20(23)26-19(17)28;1-13(2)34-20(28)31-11-33-35(29,32-9-14-4-3-5-15(21)8-14)12-30-7-6-26-10-23-16-17(26)24-19(22)25-18(16)27;1-28-18(26)30-10-32-33(27,31-8-12-3-2-4-13(19)7-12)11-29-6-5-24-9-21-14-15(24)22-17(20)23-16(14)25/h3-5,10,12,17H,1-2,6-9,11,13-14H2,(H3,24,26,27,29);3-5,8,11,14H,6-7,9-10,12-13H2,1-2H3,(H3,23,25,26,28);3-5,8,10,13H,6-7,9,11-12H2,1-2H3,(H3,22,24,25,27);2-4,7,9H,5-6,8,10-11H2,1H3,(H3,20,22,23,25). The molecule has 0 spiro atoms. The van der Waals surface area contributed by atoms with Gasteiger partial charge < -0.3 is 116 Å². The summed E-state index contributed by atoms with van der Waals surface area (Å²) >= 11 is 23.9. The van der Waals surface area contributed by atoms with Gasteiger partial charge >= 0.3 is 55.0 Å². The molecule has 8 aromatic heterocycles. The van der Waals surface area contributed by atoms with Crippen molar-refractivity contribution < 1.29 is 130 Å². The third kappa shape index (κ3) is 37.2. The Bertz CT molecular complexity index is 6640. The van der Waals surface area contributed by atoms with Crippen molar-refractivity contribution in [1.29, 1.82) is 0 Å². The van der Waals surface area contributed by atoms with Gasteiger partial charge in [0.2, 0.25) is 51.0 Å². The number of aromatic amines is 4. The van der Waals surface area contributed by atoms with Crippen LogP contribution in [0.5, 0.6) is 0 Å². The molecule has 12 N–H and O–H groups in total. The van der Waals surface area contributed by atoms with Gasteiger partial charge in [-0.05, 0) is 116 Å². The van der Waals surface area contributed by atoms with Gasteiger partial charge in [-0.15, -0.1) is 0 Å². The van der Waals surface area contributed by atoms with Crippen molar-refractivity contribution in [2.45, 2.75) is 118 Å². The molecular formula is C81H100Cl4N20O32P4. The number of nitrogen functional groups attached to an aromatic ring is 4. The molecule has 4 unspecified atom stereocenters. The number of rotatable bonds is 48. The molecule has 4 atom stereocenters. The number of halogens is 4. The van der Waals surface area contributed by atoms with E-state index in [9.17, 15) is 56.6 Å². The number of methoxy groups -OCH3 is 1. The van der Waals surface area contributed by atoms with E-state index in [0.717, 1.165) is 32.8 Å².